The van der Waals surface area contributed by atoms with Crippen LogP contribution in [-0.2, 0) is 11.2 Å². The minimum atomic E-state index is -1.25. The van der Waals surface area contributed by atoms with Gasteiger partial charge in [-0.2, -0.15) is 0 Å². The molecule has 0 saturated carbocycles. The topological polar surface area (TPSA) is 49.6 Å². The second-order valence-corrected chi connectivity index (χ2v) is 8.49. The Bertz CT molecular complexity index is 921. The molecule has 2 aromatic carbocycles. The number of rotatable bonds is 8. The highest BCUT2D eigenvalue weighted by Crippen LogP contribution is 2.31. The van der Waals surface area contributed by atoms with Crippen molar-refractivity contribution in [1.29, 1.82) is 0 Å². The Balaban J connectivity index is 1.65. The Labute approximate surface area is 185 Å². The monoisotopic (exact) mass is 453 g/mol. The fraction of sp³-hybridized carbons (Fsp3) is 0.435. The average Bonchev–Trinajstić information content (AvgIpc) is 3.25. The standard InChI is InChI=1S/C23H27ClF3N3O/c1-29(14-22(30-8-4-5-9-30)17-6-2-3-7-18(17)24)23(31)12-16(28)10-15-11-20(26)21(27)13-19(15)25/h2-3,6-7,11,13,16,22H,4-5,8-10,12,14,28H2,1H3/t16-,22+/m1/s1. The Kier molecular flexibility index (Phi) is 7.97. The number of likely N-dealkylation sites (N-methyl/N-ethyl adjacent to an activating group) is 1. The normalized spacial score (nSPS) is 16.3. The summed E-state index contributed by atoms with van der Waals surface area (Å²) in [5.41, 5.74) is 6.95. The lowest BCUT2D eigenvalue weighted by molar-refractivity contribution is -0.131. The molecule has 3 rings (SSSR count). The van der Waals surface area contributed by atoms with Gasteiger partial charge in [-0.15, -0.1) is 0 Å². The molecule has 2 N–H and O–H groups in total. The fourth-order valence-corrected chi connectivity index (χ4v) is 4.29. The first kappa shape index (κ1) is 23.6. The van der Waals surface area contributed by atoms with E-state index in [1.165, 1.54) is 0 Å². The number of nitrogens with zero attached hydrogens (tertiary/aromatic N) is 2. The summed E-state index contributed by atoms with van der Waals surface area (Å²) in [6.07, 6.45) is 2.10. The first-order valence-electron chi connectivity index (χ1n) is 10.4. The maximum atomic E-state index is 13.9. The van der Waals surface area contributed by atoms with E-state index < -0.39 is 23.5 Å². The van der Waals surface area contributed by atoms with Crippen LogP contribution in [0.4, 0.5) is 13.2 Å². The van der Waals surface area contributed by atoms with Gasteiger partial charge in [0.25, 0.3) is 0 Å². The zero-order valence-corrected chi connectivity index (χ0v) is 18.2. The number of amides is 1. The first-order valence-corrected chi connectivity index (χ1v) is 10.8. The van der Waals surface area contributed by atoms with E-state index in [1.54, 1.807) is 11.9 Å². The van der Waals surface area contributed by atoms with Crippen LogP contribution in [-0.4, -0.2) is 48.4 Å². The molecule has 168 valence electrons. The third kappa shape index (κ3) is 5.99. The van der Waals surface area contributed by atoms with Gasteiger partial charge < -0.3 is 10.6 Å². The van der Waals surface area contributed by atoms with Crippen molar-refractivity contribution in [1.82, 2.24) is 9.80 Å². The van der Waals surface area contributed by atoms with Crippen molar-refractivity contribution >= 4 is 17.5 Å². The lowest BCUT2D eigenvalue weighted by Crippen LogP contribution is -2.40. The molecule has 2 atom stereocenters. The molecule has 1 amide bonds. The van der Waals surface area contributed by atoms with Crippen LogP contribution in [0.25, 0.3) is 0 Å². The number of halogens is 4. The average molecular weight is 454 g/mol. The molecule has 0 aliphatic carbocycles. The van der Waals surface area contributed by atoms with Crippen LogP contribution in [0.1, 0.15) is 36.4 Å². The Morgan fingerprint density at radius 1 is 1.13 bits per heavy atom. The Morgan fingerprint density at radius 3 is 2.45 bits per heavy atom. The predicted octanol–water partition coefficient (Wildman–Crippen LogP) is 4.31. The van der Waals surface area contributed by atoms with Crippen LogP contribution in [0.5, 0.6) is 0 Å². The van der Waals surface area contributed by atoms with Crippen LogP contribution >= 0.6 is 11.6 Å². The molecular weight excluding hydrogens is 427 g/mol. The lowest BCUT2D eigenvalue weighted by atomic mass is 10.0. The molecule has 0 unspecified atom stereocenters. The SMILES string of the molecule is CN(C[C@@H](c1ccccc1Cl)N1CCCC1)C(=O)C[C@H](N)Cc1cc(F)c(F)cc1F. The van der Waals surface area contributed by atoms with Gasteiger partial charge in [0.05, 0.1) is 6.04 Å². The molecule has 31 heavy (non-hydrogen) atoms. The summed E-state index contributed by atoms with van der Waals surface area (Å²) in [6.45, 7) is 2.31. The van der Waals surface area contributed by atoms with E-state index >= 15 is 0 Å². The summed E-state index contributed by atoms with van der Waals surface area (Å²) in [4.78, 5) is 16.7. The van der Waals surface area contributed by atoms with E-state index in [4.69, 9.17) is 17.3 Å². The van der Waals surface area contributed by atoms with E-state index in [2.05, 4.69) is 4.90 Å². The van der Waals surface area contributed by atoms with Gasteiger partial charge in [-0.25, -0.2) is 13.2 Å². The molecule has 1 fully saturated rings. The number of carbonyl (C=O) groups is 1. The van der Waals surface area contributed by atoms with Gasteiger partial charge in [0.2, 0.25) is 5.91 Å². The summed E-state index contributed by atoms with van der Waals surface area (Å²) >= 11 is 6.43. The second-order valence-electron chi connectivity index (χ2n) is 8.08. The summed E-state index contributed by atoms with van der Waals surface area (Å²) < 4.78 is 40.4. The number of carbonyl (C=O) groups excluding carboxylic acids is 1. The van der Waals surface area contributed by atoms with Crippen LogP contribution in [0.2, 0.25) is 5.02 Å². The molecule has 8 heteroatoms. The molecule has 1 aliphatic heterocycles. The predicted molar refractivity (Wildman–Crippen MR) is 115 cm³/mol. The molecule has 0 radical (unpaired) electrons. The summed E-state index contributed by atoms with van der Waals surface area (Å²) in [7, 11) is 1.70. The molecule has 1 saturated heterocycles. The number of hydrogen-bond acceptors (Lipinski definition) is 3. The van der Waals surface area contributed by atoms with Gasteiger partial charge in [-0.05, 0) is 55.6 Å². The molecule has 1 heterocycles. The number of benzene rings is 2. The maximum Gasteiger partial charge on any atom is 0.223 e. The molecule has 0 aromatic heterocycles. The van der Waals surface area contributed by atoms with Gasteiger partial charge >= 0.3 is 0 Å². The summed E-state index contributed by atoms with van der Waals surface area (Å²) in [6, 6.07) is 8.14. The van der Waals surface area contributed by atoms with Crippen LogP contribution in [0.3, 0.4) is 0 Å². The third-order valence-electron chi connectivity index (χ3n) is 5.73. The van der Waals surface area contributed by atoms with Crippen LogP contribution < -0.4 is 5.73 Å². The number of nitrogens with two attached hydrogens (primary N) is 1. The van der Waals surface area contributed by atoms with E-state index in [9.17, 15) is 18.0 Å². The fourth-order valence-electron chi connectivity index (χ4n) is 4.03. The summed E-state index contributed by atoms with van der Waals surface area (Å²) in [5, 5.41) is 0.658. The highest BCUT2D eigenvalue weighted by molar-refractivity contribution is 6.31. The number of likely N-dealkylation sites (tertiary alicyclic amines) is 1. The highest BCUT2D eigenvalue weighted by atomic mass is 35.5. The first-order chi connectivity index (χ1) is 14.8. The molecule has 0 bridgehead atoms. The zero-order valence-electron chi connectivity index (χ0n) is 17.5. The largest absolute Gasteiger partial charge is 0.344 e. The zero-order chi connectivity index (χ0) is 22.5. The molecule has 4 nitrogen and oxygen atoms in total. The maximum absolute atomic E-state index is 13.9. The summed E-state index contributed by atoms with van der Waals surface area (Å²) in [5.74, 6) is -3.46. The van der Waals surface area contributed by atoms with Crippen molar-refractivity contribution < 1.29 is 18.0 Å². The van der Waals surface area contributed by atoms with Crippen LogP contribution in [0, 0.1) is 17.5 Å². The lowest BCUT2D eigenvalue weighted by Gasteiger charge is -2.32. The molecular formula is C23H27ClF3N3O. The van der Waals surface area contributed by atoms with Gasteiger partial charge in [0.15, 0.2) is 11.6 Å². The van der Waals surface area contributed by atoms with Crippen molar-refractivity contribution in [2.45, 2.75) is 37.8 Å². The quantitative estimate of drug-likeness (QED) is 0.606. The molecule has 1 aliphatic rings. The van der Waals surface area contributed by atoms with Crippen molar-refractivity contribution in [3.05, 3.63) is 70.0 Å². The minimum absolute atomic E-state index is 0.0370. The van der Waals surface area contributed by atoms with Gasteiger partial charge in [-0.3, -0.25) is 9.69 Å². The van der Waals surface area contributed by atoms with Gasteiger partial charge in [-0.1, -0.05) is 29.8 Å². The second kappa shape index (κ2) is 10.5. The smallest absolute Gasteiger partial charge is 0.223 e. The van der Waals surface area contributed by atoms with Crippen molar-refractivity contribution in [2.24, 2.45) is 5.73 Å². The van der Waals surface area contributed by atoms with Crippen LogP contribution in [0.15, 0.2) is 36.4 Å². The van der Waals surface area contributed by atoms with Crippen molar-refractivity contribution in [3.63, 3.8) is 0 Å². The Hall–Kier alpha value is -2.09. The molecule has 2 aromatic rings. The number of hydrogen-bond donors (Lipinski definition) is 1. The van der Waals surface area contributed by atoms with Gasteiger partial charge in [0.1, 0.15) is 5.82 Å². The van der Waals surface area contributed by atoms with E-state index in [1.807, 2.05) is 24.3 Å². The minimum Gasteiger partial charge on any atom is -0.344 e. The van der Waals surface area contributed by atoms with E-state index in [0.717, 1.165) is 37.6 Å². The third-order valence-corrected chi connectivity index (χ3v) is 6.07. The highest BCUT2D eigenvalue weighted by Gasteiger charge is 2.28. The van der Waals surface area contributed by atoms with Crippen molar-refractivity contribution in [3.8, 4) is 0 Å². The Morgan fingerprint density at radius 2 is 1.77 bits per heavy atom. The van der Waals surface area contributed by atoms with Gasteiger partial charge in [0, 0.05) is 37.1 Å². The van der Waals surface area contributed by atoms with E-state index in [-0.39, 0.29) is 30.4 Å². The molecule has 0 spiro atoms. The van der Waals surface area contributed by atoms with E-state index in [0.29, 0.717) is 17.6 Å². The van der Waals surface area contributed by atoms with Crippen molar-refractivity contribution in [2.75, 3.05) is 26.7 Å².